The van der Waals surface area contributed by atoms with E-state index in [0.717, 1.165) is 16.8 Å². The molecular formula is C26H20FN5O2. The van der Waals surface area contributed by atoms with Gasteiger partial charge in [-0.05, 0) is 48.9 Å². The first kappa shape index (κ1) is 21.3. The summed E-state index contributed by atoms with van der Waals surface area (Å²) < 4.78 is 20.6. The Labute approximate surface area is 194 Å². The maximum Gasteiger partial charge on any atom is 0.278 e. The van der Waals surface area contributed by atoms with Crippen LogP contribution in [0.2, 0.25) is 0 Å². The highest BCUT2D eigenvalue weighted by Gasteiger charge is 2.14. The molecule has 0 atom stereocenters. The predicted molar refractivity (Wildman–Crippen MR) is 126 cm³/mol. The van der Waals surface area contributed by atoms with Crippen LogP contribution >= 0.6 is 0 Å². The van der Waals surface area contributed by atoms with E-state index in [9.17, 15) is 9.18 Å². The molecule has 168 valence electrons. The van der Waals surface area contributed by atoms with Gasteiger partial charge in [-0.1, -0.05) is 47.1 Å². The maximum atomic E-state index is 13.4. The summed E-state index contributed by atoms with van der Waals surface area (Å²) in [4.78, 5) is 21.0. The molecule has 0 aliphatic rings. The number of anilines is 1. The number of hydrogen-bond acceptors (Lipinski definition) is 5. The third-order valence-electron chi connectivity index (χ3n) is 5.25. The normalized spacial score (nSPS) is 10.9. The van der Waals surface area contributed by atoms with Crippen LogP contribution in [0.4, 0.5) is 10.1 Å². The fraction of sp³-hybridized carbons (Fsp3) is 0.0769. The molecule has 8 heteroatoms. The predicted octanol–water partition coefficient (Wildman–Crippen LogP) is 5.35. The molecule has 34 heavy (non-hydrogen) atoms. The van der Waals surface area contributed by atoms with Gasteiger partial charge in [-0.2, -0.15) is 4.98 Å². The van der Waals surface area contributed by atoms with E-state index in [-0.39, 0.29) is 17.6 Å². The molecule has 1 amide bonds. The van der Waals surface area contributed by atoms with Crippen molar-refractivity contribution in [3.63, 3.8) is 0 Å². The van der Waals surface area contributed by atoms with Crippen LogP contribution < -0.4 is 5.32 Å². The van der Waals surface area contributed by atoms with Gasteiger partial charge in [-0.3, -0.25) is 4.79 Å². The fourth-order valence-electron chi connectivity index (χ4n) is 3.44. The number of benzene rings is 3. The van der Waals surface area contributed by atoms with Crippen molar-refractivity contribution in [3.05, 3.63) is 108 Å². The number of nitrogens with zero attached hydrogens (tertiary/aromatic N) is 4. The molecule has 0 saturated heterocycles. The van der Waals surface area contributed by atoms with Crippen LogP contribution in [0.5, 0.6) is 0 Å². The van der Waals surface area contributed by atoms with E-state index in [1.165, 1.54) is 12.1 Å². The zero-order valence-electron chi connectivity index (χ0n) is 18.3. The van der Waals surface area contributed by atoms with Gasteiger partial charge in [0.2, 0.25) is 5.82 Å². The molecule has 2 heterocycles. The van der Waals surface area contributed by atoms with Crippen molar-refractivity contribution >= 4 is 11.6 Å². The van der Waals surface area contributed by atoms with Crippen molar-refractivity contribution in [1.29, 1.82) is 0 Å². The molecule has 0 unspecified atom stereocenters. The van der Waals surface area contributed by atoms with Crippen molar-refractivity contribution in [2.45, 2.75) is 13.5 Å². The molecule has 0 aliphatic heterocycles. The second-order valence-electron chi connectivity index (χ2n) is 7.88. The van der Waals surface area contributed by atoms with Gasteiger partial charge in [0.1, 0.15) is 11.5 Å². The number of carbonyl (C=O) groups excluding carboxylic acids is 1. The largest absolute Gasteiger partial charge is 0.332 e. The second-order valence-corrected chi connectivity index (χ2v) is 7.88. The smallest absolute Gasteiger partial charge is 0.278 e. The van der Waals surface area contributed by atoms with Crippen molar-refractivity contribution in [3.8, 4) is 23.0 Å². The number of carbonyl (C=O) groups is 1. The lowest BCUT2D eigenvalue weighted by molar-refractivity contribution is 0.102. The van der Waals surface area contributed by atoms with Gasteiger partial charge in [0.15, 0.2) is 0 Å². The number of aromatic nitrogens is 4. The van der Waals surface area contributed by atoms with E-state index >= 15 is 0 Å². The Bertz CT molecular complexity index is 1440. The van der Waals surface area contributed by atoms with E-state index in [1.807, 2.05) is 47.9 Å². The van der Waals surface area contributed by atoms with Crippen LogP contribution in [0.3, 0.4) is 0 Å². The minimum atomic E-state index is -0.367. The van der Waals surface area contributed by atoms with E-state index in [2.05, 4.69) is 20.4 Å². The van der Waals surface area contributed by atoms with Crippen LogP contribution in [0.25, 0.3) is 23.0 Å². The zero-order chi connectivity index (χ0) is 23.5. The summed E-state index contributed by atoms with van der Waals surface area (Å²) in [6.07, 6.45) is 3.48. The quantitative estimate of drug-likeness (QED) is 0.375. The van der Waals surface area contributed by atoms with Crippen molar-refractivity contribution in [2.75, 3.05) is 5.32 Å². The standard InChI is InChI=1S/C26H20FN5O2/c1-17-5-9-19(10-6-17)25(33)29-22-11-7-18(8-12-22)14-32-15-23(28-16-32)26-30-24(31-34-26)20-3-2-4-21(27)13-20/h2-13,15-16H,14H2,1H3,(H,29,33). The molecule has 0 bridgehead atoms. The summed E-state index contributed by atoms with van der Waals surface area (Å²) in [6, 6.07) is 21.1. The molecule has 7 nitrogen and oxygen atoms in total. The molecule has 0 fully saturated rings. The van der Waals surface area contributed by atoms with Crippen LogP contribution in [0.1, 0.15) is 21.5 Å². The highest BCUT2D eigenvalue weighted by molar-refractivity contribution is 6.04. The molecule has 0 radical (unpaired) electrons. The van der Waals surface area contributed by atoms with Gasteiger partial charge >= 0.3 is 0 Å². The first-order chi connectivity index (χ1) is 16.5. The fourth-order valence-corrected chi connectivity index (χ4v) is 3.44. The minimum absolute atomic E-state index is 0.149. The van der Waals surface area contributed by atoms with Crippen molar-refractivity contribution < 1.29 is 13.7 Å². The number of amides is 1. The average Bonchev–Trinajstić information content (AvgIpc) is 3.51. The summed E-state index contributed by atoms with van der Waals surface area (Å²) in [5.41, 5.74) is 4.53. The van der Waals surface area contributed by atoms with Crippen molar-refractivity contribution in [1.82, 2.24) is 19.7 Å². The van der Waals surface area contributed by atoms with E-state index in [4.69, 9.17) is 4.52 Å². The Morgan fingerprint density at radius 2 is 1.85 bits per heavy atom. The monoisotopic (exact) mass is 453 g/mol. The SMILES string of the molecule is Cc1ccc(C(=O)Nc2ccc(Cn3cnc(-c4nc(-c5cccc(F)c5)no4)c3)cc2)cc1. The van der Waals surface area contributed by atoms with E-state index in [1.54, 1.807) is 36.8 Å². The summed E-state index contributed by atoms with van der Waals surface area (Å²) >= 11 is 0. The molecule has 2 aromatic heterocycles. The molecule has 5 aromatic rings. The lowest BCUT2D eigenvalue weighted by Crippen LogP contribution is -2.11. The van der Waals surface area contributed by atoms with E-state index in [0.29, 0.717) is 29.2 Å². The number of hydrogen-bond donors (Lipinski definition) is 1. The number of imidazole rings is 1. The highest BCUT2D eigenvalue weighted by Crippen LogP contribution is 2.22. The molecule has 3 aromatic carbocycles. The topological polar surface area (TPSA) is 85.8 Å². The molecule has 0 saturated carbocycles. The van der Waals surface area contributed by atoms with Gasteiger partial charge in [0.25, 0.3) is 11.8 Å². The first-order valence-corrected chi connectivity index (χ1v) is 10.6. The number of halogens is 1. The van der Waals surface area contributed by atoms with Crippen molar-refractivity contribution in [2.24, 2.45) is 0 Å². The Morgan fingerprint density at radius 3 is 2.62 bits per heavy atom. The highest BCUT2D eigenvalue weighted by atomic mass is 19.1. The summed E-state index contributed by atoms with van der Waals surface area (Å²) in [7, 11) is 0. The minimum Gasteiger partial charge on any atom is -0.332 e. The third kappa shape index (κ3) is 4.75. The number of aryl methyl sites for hydroxylation is 1. The van der Waals surface area contributed by atoms with Gasteiger partial charge in [0.05, 0.1) is 6.33 Å². The van der Waals surface area contributed by atoms with Gasteiger partial charge < -0.3 is 14.4 Å². The molecule has 0 aliphatic carbocycles. The summed E-state index contributed by atoms with van der Waals surface area (Å²) in [5, 5.41) is 6.82. The summed E-state index contributed by atoms with van der Waals surface area (Å²) in [5.74, 6) is 0.0394. The van der Waals surface area contributed by atoms with Crippen LogP contribution in [-0.4, -0.2) is 25.6 Å². The first-order valence-electron chi connectivity index (χ1n) is 10.6. The molecule has 1 N–H and O–H groups in total. The van der Waals surface area contributed by atoms with Gasteiger partial charge in [-0.25, -0.2) is 9.37 Å². The maximum absolute atomic E-state index is 13.4. The van der Waals surface area contributed by atoms with Crippen LogP contribution in [-0.2, 0) is 6.54 Å². The lowest BCUT2D eigenvalue weighted by atomic mass is 10.1. The van der Waals surface area contributed by atoms with Gasteiger partial charge in [-0.15, -0.1) is 0 Å². The second kappa shape index (κ2) is 9.11. The Hall–Kier alpha value is -4.59. The van der Waals surface area contributed by atoms with E-state index < -0.39 is 0 Å². The molecule has 5 rings (SSSR count). The number of nitrogens with one attached hydrogen (secondary N) is 1. The third-order valence-corrected chi connectivity index (χ3v) is 5.25. The lowest BCUT2D eigenvalue weighted by Gasteiger charge is -2.07. The Balaban J connectivity index is 1.23. The molecular weight excluding hydrogens is 433 g/mol. The zero-order valence-corrected chi connectivity index (χ0v) is 18.3. The Morgan fingerprint density at radius 1 is 1.06 bits per heavy atom. The summed E-state index contributed by atoms with van der Waals surface area (Å²) in [6.45, 7) is 2.56. The van der Waals surface area contributed by atoms with Crippen LogP contribution in [0, 0.1) is 12.7 Å². The van der Waals surface area contributed by atoms with Crippen LogP contribution in [0.15, 0.2) is 89.8 Å². The Kier molecular flexibility index (Phi) is 5.70. The average molecular weight is 453 g/mol. The number of rotatable bonds is 6. The van der Waals surface area contributed by atoms with Gasteiger partial charge in [0, 0.05) is 29.6 Å². The molecule has 0 spiro atoms.